The van der Waals surface area contributed by atoms with Gasteiger partial charge in [0.05, 0.1) is 6.10 Å². The number of nitrogens with zero attached hydrogens (tertiary/aromatic N) is 1. The highest BCUT2D eigenvalue weighted by Gasteiger charge is 2.03. The van der Waals surface area contributed by atoms with E-state index >= 15 is 0 Å². The van der Waals surface area contributed by atoms with Gasteiger partial charge >= 0.3 is 0 Å². The van der Waals surface area contributed by atoms with Crippen molar-refractivity contribution in [3.8, 4) is 16.9 Å². The minimum atomic E-state index is -0.371. The quantitative estimate of drug-likeness (QED) is 0.738. The van der Waals surface area contributed by atoms with Crippen molar-refractivity contribution in [2.75, 3.05) is 0 Å². The number of hydrogen-bond donors (Lipinski definition) is 1. The van der Waals surface area contributed by atoms with E-state index in [1.54, 1.807) is 6.92 Å². The first-order valence-corrected chi connectivity index (χ1v) is 8.11. The van der Waals surface area contributed by atoms with Crippen LogP contribution in [0.5, 0.6) is 5.75 Å². The van der Waals surface area contributed by atoms with Gasteiger partial charge in [-0.3, -0.25) is 4.98 Å². The summed E-state index contributed by atoms with van der Waals surface area (Å²) in [6.07, 6.45) is 2.05. The smallest absolute Gasteiger partial charge is 0.119 e. The molecule has 1 N–H and O–H groups in total. The third-order valence-corrected chi connectivity index (χ3v) is 3.77. The first-order valence-electron chi connectivity index (χ1n) is 8.11. The zero-order valence-electron chi connectivity index (χ0n) is 13.7. The Hall–Kier alpha value is -2.65. The van der Waals surface area contributed by atoms with E-state index in [4.69, 9.17) is 4.74 Å². The third kappa shape index (κ3) is 4.43. The molecule has 24 heavy (non-hydrogen) atoms. The number of rotatable bonds is 6. The Morgan fingerprint density at radius 3 is 2.25 bits per heavy atom. The van der Waals surface area contributed by atoms with Crippen LogP contribution in [0.15, 0.2) is 72.9 Å². The fourth-order valence-electron chi connectivity index (χ4n) is 2.50. The van der Waals surface area contributed by atoms with E-state index in [1.165, 1.54) is 0 Å². The van der Waals surface area contributed by atoms with Crippen LogP contribution in [0.1, 0.15) is 18.2 Å². The molecule has 0 radical (unpaired) electrons. The predicted molar refractivity (Wildman–Crippen MR) is 95.8 cm³/mol. The molecule has 3 aromatic rings. The molecule has 0 spiro atoms. The minimum Gasteiger partial charge on any atom is -0.489 e. The molecule has 0 aliphatic carbocycles. The van der Waals surface area contributed by atoms with Gasteiger partial charge < -0.3 is 9.84 Å². The second-order valence-electron chi connectivity index (χ2n) is 5.89. The Morgan fingerprint density at radius 1 is 0.917 bits per heavy atom. The molecule has 2 aromatic carbocycles. The fourth-order valence-corrected chi connectivity index (χ4v) is 2.50. The van der Waals surface area contributed by atoms with Gasteiger partial charge in [0.25, 0.3) is 0 Å². The van der Waals surface area contributed by atoms with Crippen molar-refractivity contribution >= 4 is 0 Å². The summed E-state index contributed by atoms with van der Waals surface area (Å²) < 4.78 is 5.80. The summed E-state index contributed by atoms with van der Waals surface area (Å²) in [7, 11) is 0. The van der Waals surface area contributed by atoms with Gasteiger partial charge in [0.2, 0.25) is 0 Å². The lowest BCUT2D eigenvalue weighted by molar-refractivity contribution is 0.194. The van der Waals surface area contributed by atoms with Crippen LogP contribution in [-0.2, 0) is 13.0 Å². The zero-order valence-corrected chi connectivity index (χ0v) is 13.7. The Labute approximate surface area is 142 Å². The lowest BCUT2D eigenvalue weighted by atomic mass is 10.1. The highest BCUT2D eigenvalue weighted by atomic mass is 16.5. The fraction of sp³-hybridized carbons (Fsp3) is 0.190. The van der Waals surface area contributed by atoms with Crippen LogP contribution in [-0.4, -0.2) is 16.2 Å². The molecule has 122 valence electrons. The van der Waals surface area contributed by atoms with Gasteiger partial charge in [-0.2, -0.15) is 0 Å². The van der Waals surface area contributed by atoms with Crippen molar-refractivity contribution in [3.63, 3.8) is 0 Å². The molecule has 0 amide bonds. The van der Waals surface area contributed by atoms with E-state index in [9.17, 15) is 5.11 Å². The summed E-state index contributed by atoms with van der Waals surface area (Å²) in [5.41, 5.74) is 4.20. The molecular weight excluding hydrogens is 298 g/mol. The number of ether oxygens (including phenoxy) is 1. The number of hydrogen-bond acceptors (Lipinski definition) is 3. The molecule has 3 rings (SSSR count). The summed E-state index contributed by atoms with van der Waals surface area (Å²) in [6, 6.07) is 22.1. The predicted octanol–water partition coefficient (Wildman–Crippen LogP) is 4.25. The summed E-state index contributed by atoms with van der Waals surface area (Å²) in [6.45, 7) is 2.33. The van der Waals surface area contributed by atoms with Gasteiger partial charge in [-0.25, -0.2) is 0 Å². The summed E-state index contributed by atoms with van der Waals surface area (Å²) in [4.78, 5) is 4.40. The summed E-state index contributed by atoms with van der Waals surface area (Å²) in [5, 5.41) is 9.40. The van der Waals surface area contributed by atoms with E-state index in [-0.39, 0.29) is 6.10 Å². The van der Waals surface area contributed by atoms with Crippen LogP contribution >= 0.6 is 0 Å². The van der Waals surface area contributed by atoms with Crippen molar-refractivity contribution < 1.29 is 9.84 Å². The monoisotopic (exact) mass is 319 g/mol. The molecule has 0 aliphatic heterocycles. The first-order chi connectivity index (χ1) is 11.7. The molecule has 0 bridgehead atoms. The molecule has 1 aromatic heterocycles. The first kappa shape index (κ1) is 16.2. The Kier molecular flexibility index (Phi) is 5.24. The van der Waals surface area contributed by atoms with E-state index in [2.05, 4.69) is 17.1 Å². The van der Waals surface area contributed by atoms with E-state index in [1.807, 2.05) is 60.8 Å². The molecule has 0 saturated carbocycles. The van der Waals surface area contributed by atoms with Crippen LogP contribution in [0.4, 0.5) is 0 Å². The molecular formula is C21H21NO2. The van der Waals surface area contributed by atoms with Gasteiger partial charge in [0, 0.05) is 23.9 Å². The number of aromatic nitrogens is 1. The van der Waals surface area contributed by atoms with Crippen LogP contribution in [0.3, 0.4) is 0 Å². The van der Waals surface area contributed by atoms with Crippen molar-refractivity contribution in [1.82, 2.24) is 4.98 Å². The van der Waals surface area contributed by atoms with E-state index in [0.717, 1.165) is 28.1 Å². The maximum atomic E-state index is 9.40. The van der Waals surface area contributed by atoms with Gasteiger partial charge in [-0.1, -0.05) is 48.5 Å². The second-order valence-corrected chi connectivity index (χ2v) is 5.89. The lowest BCUT2D eigenvalue weighted by Gasteiger charge is -2.08. The number of benzene rings is 2. The van der Waals surface area contributed by atoms with Gasteiger partial charge in [0.1, 0.15) is 12.4 Å². The highest BCUT2D eigenvalue weighted by molar-refractivity contribution is 5.63. The molecule has 0 aliphatic rings. The van der Waals surface area contributed by atoms with Gasteiger partial charge in [0.15, 0.2) is 0 Å². The van der Waals surface area contributed by atoms with Crippen LogP contribution in [0, 0.1) is 0 Å². The zero-order chi connectivity index (χ0) is 16.8. The van der Waals surface area contributed by atoms with Crippen molar-refractivity contribution in [2.24, 2.45) is 0 Å². The second kappa shape index (κ2) is 7.75. The van der Waals surface area contributed by atoms with Crippen molar-refractivity contribution in [1.29, 1.82) is 0 Å². The standard InChI is InChI=1S/C21H21NO2/c1-16(23)13-20-10-7-19(14-22-20)18-8-11-21(12-9-18)24-15-17-5-3-2-4-6-17/h2-12,14,16,23H,13,15H2,1H3. The topological polar surface area (TPSA) is 42.4 Å². The summed E-state index contributed by atoms with van der Waals surface area (Å²) in [5.74, 6) is 0.848. The minimum absolute atomic E-state index is 0.371. The molecule has 0 saturated heterocycles. The van der Waals surface area contributed by atoms with Crippen LogP contribution < -0.4 is 4.74 Å². The number of pyridine rings is 1. The molecule has 0 fully saturated rings. The average molecular weight is 319 g/mol. The molecule has 1 heterocycles. The van der Waals surface area contributed by atoms with E-state index < -0.39 is 0 Å². The maximum absolute atomic E-state index is 9.40. The van der Waals surface area contributed by atoms with Gasteiger partial charge in [-0.05, 0) is 36.2 Å². The molecule has 1 unspecified atom stereocenters. The lowest BCUT2D eigenvalue weighted by Crippen LogP contribution is -2.05. The molecule has 1 atom stereocenters. The van der Waals surface area contributed by atoms with E-state index in [0.29, 0.717) is 13.0 Å². The average Bonchev–Trinajstić information content (AvgIpc) is 2.62. The molecule has 3 heteroatoms. The Balaban J connectivity index is 1.63. The maximum Gasteiger partial charge on any atom is 0.119 e. The Bertz CT molecular complexity index is 750. The largest absolute Gasteiger partial charge is 0.489 e. The normalized spacial score (nSPS) is 11.9. The number of aliphatic hydroxyl groups is 1. The van der Waals surface area contributed by atoms with Crippen LogP contribution in [0.25, 0.3) is 11.1 Å². The number of aliphatic hydroxyl groups excluding tert-OH is 1. The third-order valence-electron chi connectivity index (χ3n) is 3.77. The van der Waals surface area contributed by atoms with Crippen molar-refractivity contribution in [3.05, 3.63) is 84.2 Å². The summed E-state index contributed by atoms with van der Waals surface area (Å²) >= 11 is 0. The highest BCUT2D eigenvalue weighted by Crippen LogP contribution is 2.22. The SMILES string of the molecule is CC(O)Cc1ccc(-c2ccc(OCc3ccccc3)cc2)cn1. The molecule has 3 nitrogen and oxygen atoms in total. The van der Waals surface area contributed by atoms with Gasteiger partial charge in [-0.15, -0.1) is 0 Å². The van der Waals surface area contributed by atoms with Crippen molar-refractivity contribution in [2.45, 2.75) is 26.1 Å². The van der Waals surface area contributed by atoms with Crippen LogP contribution in [0.2, 0.25) is 0 Å². The Morgan fingerprint density at radius 2 is 1.62 bits per heavy atom.